The second-order valence-corrected chi connectivity index (χ2v) is 8.10. The number of nitrogens with zero attached hydrogens (tertiary/aromatic N) is 2. The molecule has 0 aromatic carbocycles. The van der Waals surface area contributed by atoms with Crippen molar-refractivity contribution in [2.75, 3.05) is 33.9 Å². The third-order valence-electron chi connectivity index (χ3n) is 5.87. The Morgan fingerprint density at radius 3 is 2.54 bits per heavy atom. The van der Waals surface area contributed by atoms with Gasteiger partial charge in [0.1, 0.15) is 6.10 Å². The minimum atomic E-state index is -0.658. The van der Waals surface area contributed by atoms with E-state index >= 15 is 0 Å². The molecule has 0 aromatic heterocycles. The first-order valence-electron chi connectivity index (χ1n) is 9.87. The summed E-state index contributed by atoms with van der Waals surface area (Å²) in [6.07, 6.45) is 4.95. The van der Waals surface area contributed by atoms with Gasteiger partial charge >= 0.3 is 0 Å². The maximum absolute atomic E-state index is 13.1. The number of rotatable bonds is 3. The summed E-state index contributed by atoms with van der Waals surface area (Å²) in [5.41, 5.74) is 0. The molecule has 4 atom stereocenters. The van der Waals surface area contributed by atoms with Crippen molar-refractivity contribution in [1.82, 2.24) is 9.80 Å². The Morgan fingerprint density at radius 2 is 1.85 bits per heavy atom. The highest BCUT2D eigenvalue weighted by Gasteiger charge is 2.41. The molecule has 3 rings (SSSR count). The topological polar surface area (TPSA) is 79.3 Å². The van der Waals surface area contributed by atoms with Gasteiger partial charge in [-0.3, -0.25) is 9.59 Å². The average molecular weight is 368 g/mol. The third-order valence-corrected chi connectivity index (χ3v) is 5.87. The SMILES string of the molecule is CN(C)C(=O)C[C@@H]1CC[C@@H]2[C@H](COC[C@H](O)CN2C(=O)C2CCCC2)O1. The summed E-state index contributed by atoms with van der Waals surface area (Å²) < 4.78 is 11.8. The summed E-state index contributed by atoms with van der Waals surface area (Å²) >= 11 is 0. The van der Waals surface area contributed by atoms with E-state index < -0.39 is 6.10 Å². The third kappa shape index (κ3) is 4.56. The van der Waals surface area contributed by atoms with E-state index in [1.54, 1.807) is 19.0 Å². The maximum Gasteiger partial charge on any atom is 0.226 e. The van der Waals surface area contributed by atoms with Crippen LogP contribution in [-0.2, 0) is 19.1 Å². The number of aliphatic hydroxyl groups excluding tert-OH is 1. The number of amides is 2. The standard InChI is InChI=1S/C19H32N2O5/c1-20(2)18(23)9-15-7-8-16-17(26-15)12-25-11-14(22)10-21(16)19(24)13-5-3-4-6-13/h13-17,22H,3-12H2,1-2H3/t14-,15+,16-,17+/m1/s1. The number of ether oxygens (including phenoxy) is 2. The van der Waals surface area contributed by atoms with E-state index in [2.05, 4.69) is 0 Å². The molecular weight excluding hydrogens is 336 g/mol. The van der Waals surface area contributed by atoms with Gasteiger partial charge < -0.3 is 24.4 Å². The molecular formula is C19H32N2O5. The van der Waals surface area contributed by atoms with E-state index in [1.807, 2.05) is 4.90 Å². The molecule has 7 heteroatoms. The number of fused-ring (bicyclic) bond motifs is 1. The van der Waals surface area contributed by atoms with Crippen LogP contribution in [-0.4, -0.2) is 84.9 Å². The first-order valence-corrected chi connectivity index (χ1v) is 9.87. The Hall–Kier alpha value is -1.18. The van der Waals surface area contributed by atoms with Crippen LogP contribution in [0.15, 0.2) is 0 Å². The van der Waals surface area contributed by atoms with Gasteiger partial charge in [-0.15, -0.1) is 0 Å². The average Bonchev–Trinajstić information content (AvgIpc) is 3.12. The van der Waals surface area contributed by atoms with Crippen molar-refractivity contribution >= 4 is 11.8 Å². The highest BCUT2D eigenvalue weighted by Crippen LogP contribution is 2.32. The zero-order valence-electron chi connectivity index (χ0n) is 15.9. The smallest absolute Gasteiger partial charge is 0.226 e. The fourth-order valence-corrected chi connectivity index (χ4v) is 4.38. The maximum atomic E-state index is 13.1. The van der Waals surface area contributed by atoms with Crippen LogP contribution < -0.4 is 0 Å². The number of carbonyl (C=O) groups is 2. The van der Waals surface area contributed by atoms with Gasteiger partial charge in [-0.2, -0.15) is 0 Å². The first kappa shape index (κ1) is 19.6. The van der Waals surface area contributed by atoms with Gasteiger partial charge in [-0.25, -0.2) is 0 Å². The molecule has 1 aliphatic carbocycles. The molecule has 0 bridgehead atoms. The quantitative estimate of drug-likeness (QED) is 0.797. The normalized spacial score (nSPS) is 33.3. The molecule has 148 valence electrons. The van der Waals surface area contributed by atoms with Gasteiger partial charge in [0.05, 0.1) is 37.9 Å². The fourth-order valence-electron chi connectivity index (χ4n) is 4.38. The summed E-state index contributed by atoms with van der Waals surface area (Å²) in [5, 5.41) is 10.2. The molecule has 1 N–H and O–H groups in total. The summed E-state index contributed by atoms with van der Waals surface area (Å²) in [6, 6.07) is -0.0799. The largest absolute Gasteiger partial charge is 0.389 e. The van der Waals surface area contributed by atoms with Gasteiger partial charge in [0.2, 0.25) is 11.8 Å². The predicted molar refractivity (Wildman–Crippen MR) is 95.5 cm³/mol. The minimum Gasteiger partial charge on any atom is -0.389 e. The second kappa shape index (κ2) is 8.67. The van der Waals surface area contributed by atoms with E-state index in [9.17, 15) is 14.7 Å². The van der Waals surface area contributed by atoms with Crippen LogP contribution in [0.5, 0.6) is 0 Å². The molecule has 26 heavy (non-hydrogen) atoms. The highest BCUT2D eigenvalue weighted by atomic mass is 16.5. The van der Waals surface area contributed by atoms with Crippen LogP contribution in [0.2, 0.25) is 0 Å². The lowest BCUT2D eigenvalue weighted by molar-refractivity contribution is -0.172. The molecule has 0 radical (unpaired) electrons. The van der Waals surface area contributed by atoms with Gasteiger partial charge in [0, 0.05) is 26.6 Å². The van der Waals surface area contributed by atoms with Gasteiger partial charge in [0.25, 0.3) is 0 Å². The molecule has 0 aromatic rings. The number of hydrogen-bond acceptors (Lipinski definition) is 5. The number of β-amino-alcohol motifs (C(OH)–C–C–N with tert-alkyl or cyclic N) is 1. The lowest BCUT2D eigenvalue weighted by atomic mass is 9.93. The molecule has 2 heterocycles. The van der Waals surface area contributed by atoms with Crippen LogP contribution in [0, 0.1) is 5.92 Å². The van der Waals surface area contributed by atoms with Crippen LogP contribution in [0.1, 0.15) is 44.9 Å². The second-order valence-electron chi connectivity index (χ2n) is 8.10. The molecule has 2 saturated heterocycles. The summed E-state index contributed by atoms with van der Waals surface area (Å²) in [6.45, 7) is 0.867. The van der Waals surface area contributed by atoms with Crippen molar-refractivity contribution < 1.29 is 24.2 Å². The fraction of sp³-hybridized carbons (Fsp3) is 0.895. The Morgan fingerprint density at radius 1 is 1.12 bits per heavy atom. The Balaban J connectivity index is 1.69. The molecule has 3 aliphatic rings. The van der Waals surface area contributed by atoms with E-state index in [0.717, 1.165) is 38.5 Å². The van der Waals surface area contributed by atoms with Gasteiger partial charge in [-0.1, -0.05) is 12.8 Å². The number of carbonyl (C=O) groups excluding carboxylic acids is 2. The van der Waals surface area contributed by atoms with Crippen LogP contribution in [0.25, 0.3) is 0 Å². The molecule has 7 nitrogen and oxygen atoms in total. The van der Waals surface area contributed by atoms with Crippen molar-refractivity contribution in [3.63, 3.8) is 0 Å². The summed E-state index contributed by atoms with van der Waals surface area (Å²) in [4.78, 5) is 28.5. The zero-order chi connectivity index (χ0) is 18.7. The summed E-state index contributed by atoms with van der Waals surface area (Å²) in [5.74, 6) is 0.288. The number of hydrogen-bond donors (Lipinski definition) is 1. The van der Waals surface area contributed by atoms with Crippen molar-refractivity contribution in [2.24, 2.45) is 5.92 Å². The first-order chi connectivity index (χ1) is 12.5. The molecule has 1 saturated carbocycles. The van der Waals surface area contributed by atoms with Crippen molar-refractivity contribution in [3.05, 3.63) is 0 Å². The minimum absolute atomic E-state index is 0.0505. The monoisotopic (exact) mass is 368 g/mol. The lowest BCUT2D eigenvalue weighted by Crippen LogP contribution is -2.58. The van der Waals surface area contributed by atoms with E-state index in [1.165, 1.54) is 0 Å². The van der Waals surface area contributed by atoms with Gasteiger partial charge in [-0.05, 0) is 25.7 Å². The predicted octanol–water partition coefficient (Wildman–Crippen LogP) is 0.791. The summed E-state index contributed by atoms with van der Waals surface area (Å²) in [7, 11) is 3.49. The Labute approximate surface area is 155 Å². The van der Waals surface area contributed by atoms with Crippen molar-refractivity contribution in [2.45, 2.75) is 69.3 Å². The lowest BCUT2D eigenvalue weighted by Gasteiger charge is -2.45. The molecule has 0 spiro atoms. The van der Waals surface area contributed by atoms with Crippen LogP contribution in [0.4, 0.5) is 0 Å². The molecule has 3 fully saturated rings. The van der Waals surface area contributed by atoms with Crippen molar-refractivity contribution in [1.29, 1.82) is 0 Å². The van der Waals surface area contributed by atoms with E-state index in [-0.39, 0.29) is 42.6 Å². The van der Waals surface area contributed by atoms with Gasteiger partial charge in [0.15, 0.2) is 0 Å². The Bertz CT molecular complexity index is 506. The molecule has 2 amide bonds. The molecule has 2 aliphatic heterocycles. The Kier molecular flexibility index (Phi) is 6.53. The van der Waals surface area contributed by atoms with E-state index in [4.69, 9.17) is 9.47 Å². The van der Waals surface area contributed by atoms with E-state index in [0.29, 0.717) is 19.6 Å². The van der Waals surface area contributed by atoms with Crippen molar-refractivity contribution in [3.8, 4) is 0 Å². The zero-order valence-corrected chi connectivity index (χ0v) is 15.9. The number of aliphatic hydroxyl groups is 1. The highest BCUT2D eigenvalue weighted by molar-refractivity contribution is 5.79. The van der Waals surface area contributed by atoms with Crippen LogP contribution >= 0.6 is 0 Å². The van der Waals surface area contributed by atoms with Crippen LogP contribution in [0.3, 0.4) is 0 Å². The molecule has 0 unspecified atom stereocenters.